The SMILES string of the molecule is COc1ccc([C@H](CNC(=O)c2cccc(S(=O)(=O)Nc3ccc(F)cc3)c2)N2CCCCC2)cc1. The number of hydrogen-bond donors (Lipinski definition) is 2. The summed E-state index contributed by atoms with van der Waals surface area (Å²) in [5.41, 5.74) is 1.55. The number of nitrogens with zero attached hydrogens (tertiary/aromatic N) is 1. The van der Waals surface area contributed by atoms with E-state index in [2.05, 4.69) is 14.9 Å². The van der Waals surface area contributed by atoms with Crippen LogP contribution < -0.4 is 14.8 Å². The number of ether oxygens (including phenoxy) is 1. The van der Waals surface area contributed by atoms with Crippen molar-refractivity contribution in [2.45, 2.75) is 30.2 Å². The number of likely N-dealkylation sites (tertiary alicyclic amines) is 1. The molecular formula is C27H30FN3O4S. The number of amides is 1. The van der Waals surface area contributed by atoms with Crippen LogP contribution in [0.2, 0.25) is 0 Å². The highest BCUT2D eigenvalue weighted by atomic mass is 32.2. The van der Waals surface area contributed by atoms with Crippen LogP contribution >= 0.6 is 0 Å². The predicted octanol–water partition coefficient (Wildman–Crippen LogP) is 4.59. The van der Waals surface area contributed by atoms with Crippen LogP contribution in [0, 0.1) is 5.82 Å². The Hall–Kier alpha value is -3.43. The molecular weight excluding hydrogens is 481 g/mol. The van der Waals surface area contributed by atoms with E-state index in [-0.39, 0.29) is 28.1 Å². The number of benzene rings is 3. The van der Waals surface area contributed by atoms with Gasteiger partial charge >= 0.3 is 0 Å². The van der Waals surface area contributed by atoms with Crippen molar-refractivity contribution in [3.8, 4) is 5.75 Å². The maximum absolute atomic E-state index is 13.1. The molecule has 0 radical (unpaired) electrons. The van der Waals surface area contributed by atoms with Gasteiger partial charge in [0.25, 0.3) is 15.9 Å². The summed E-state index contributed by atoms with van der Waals surface area (Å²) in [6, 6.07) is 18.7. The van der Waals surface area contributed by atoms with E-state index in [1.807, 2.05) is 24.3 Å². The molecule has 1 heterocycles. The molecule has 1 aliphatic rings. The molecule has 190 valence electrons. The summed E-state index contributed by atoms with van der Waals surface area (Å²) in [5.74, 6) is -0.0501. The van der Waals surface area contributed by atoms with Gasteiger partial charge in [0.05, 0.1) is 18.0 Å². The highest BCUT2D eigenvalue weighted by molar-refractivity contribution is 7.92. The van der Waals surface area contributed by atoms with E-state index in [0.717, 1.165) is 37.2 Å². The van der Waals surface area contributed by atoms with Crippen molar-refractivity contribution >= 4 is 21.6 Å². The number of sulfonamides is 1. The van der Waals surface area contributed by atoms with Crippen molar-refractivity contribution in [1.29, 1.82) is 0 Å². The zero-order chi connectivity index (χ0) is 25.5. The Labute approximate surface area is 211 Å². The first-order valence-corrected chi connectivity index (χ1v) is 13.4. The van der Waals surface area contributed by atoms with Gasteiger partial charge in [-0.05, 0) is 86.1 Å². The Morgan fingerprint density at radius 3 is 2.36 bits per heavy atom. The van der Waals surface area contributed by atoms with Gasteiger partial charge in [-0.1, -0.05) is 24.6 Å². The van der Waals surface area contributed by atoms with Crippen LogP contribution in [0.25, 0.3) is 0 Å². The molecule has 1 fully saturated rings. The zero-order valence-corrected chi connectivity index (χ0v) is 20.9. The number of anilines is 1. The summed E-state index contributed by atoms with van der Waals surface area (Å²) in [6.07, 6.45) is 3.43. The molecule has 36 heavy (non-hydrogen) atoms. The molecule has 3 aromatic carbocycles. The number of rotatable bonds is 9. The minimum absolute atomic E-state index is 0.00721. The Morgan fingerprint density at radius 2 is 1.69 bits per heavy atom. The van der Waals surface area contributed by atoms with Gasteiger partial charge in [0.1, 0.15) is 11.6 Å². The van der Waals surface area contributed by atoms with E-state index in [1.54, 1.807) is 13.2 Å². The summed E-state index contributed by atoms with van der Waals surface area (Å²) >= 11 is 0. The molecule has 1 saturated heterocycles. The zero-order valence-electron chi connectivity index (χ0n) is 20.1. The number of carbonyl (C=O) groups excluding carboxylic acids is 1. The summed E-state index contributed by atoms with van der Waals surface area (Å²) in [5, 5.41) is 2.99. The normalized spacial score (nSPS) is 15.2. The molecule has 1 aliphatic heterocycles. The molecule has 2 N–H and O–H groups in total. The third-order valence-corrected chi connectivity index (χ3v) is 7.67. The topological polar surface area (TPSA) is 87.7 Å². The lowest BCUT2D eigenvalue weighted by Gasteiger charge is -2.35. The molecule has 0 bridgehead atoms. The van der Waals surface area contributed by atoms with Crippen molar-refractivity contribution in [3.63, 3.8) is 0 Å². The molecule has 1 atom stereocenters. The van der Waals surface area contributed by atoms with Crippen molar-refractivity contribution in [2.75, 3.05) is 31.5 Å². The van der Waals surface area contributed by atoms with Crippen molar-refractivity contribution in [3.05, 3.63) is 89.7 Å². The number of nitrogens with one attached hydrogen (secondary N) is 2. The minimum Gasteiger partial charge on any atom is -0.497 e. The minimum atomic E-state index is -3.95. The van der Waals surface area contributed by atoms with Crippen LogP contribution in [0.4, 0.5) is 10.1 Å². The van der Waals surface area contributed by atoms with E-state index < -0.39 is 15.8 Å². The average Bonchev–Trinajstić information content (AvgIpc) is 2.91. The summed E-state index contributed by atoms with van der Waals surface area (Å²) in [4.78, 5) is 15.4. The second-order valence-electron chi connectivity index (χ2n) is 8.74. The quantitative estimate of drug-likeness (QED) is 0.439. The Balaban J connectivity index is 1.48. The van der Waals surface area contributed by atoms with Crippen LogP contribution in [-0.2, 0) is 10.0 Å². The monoisotopic (exact) mass is 511 g/mol. The van der Waals surface area contributed by atoms with Gasteiger partial charge in [0.2, 0.25) is 0 Å². The number of hydrogen-bond acceptors (Lipinski definition) is 5. The van der Waals surface area contributed by atoms with Gasteiger partial charge in [-0.3, -0.25) is 14.4 Å². The highest BCUT2D eigenvalue weighted by Gasteiger charge is 2.24. The Kier molecular flexibility index (Phi) is 8.22. The fraction of sp³-hybridized carbons (Fsp3) is 0.296. The maximum Gasteiger partial charge on any atom is 0.261 e. The Morgan fingerprint density at radius 1 is 1.00 bits per heavy atom. The van der Waals surface area contributed by atoms with E-state index in [1.165, 1.54) is 48.9 Å². The summed E-state index contributed by atoms with van der Waals surface area (Å²) in [6.45, 7) is 2.29. The largest absolute Gasteiger partial charge is 0.497 e. The average molecular weight is 512 g/mol. The van der Waals surface area contributed by atoms with E-state index in [4.69, 9.17) is 4.74 Å². The van der Waals surface area contributed by atoms with Crippen molar-refractivity contribution in [2.24, 2.45) is 0 Å². The second-order valence-corrected chi connectivity index (χ2v) is 10.4. The van der Waals surface area contributed by atoms with E-state index >= 15 is 0 Å². The van der Waals surface area contributed by atoms with Gasteiger partial charge in [-0.2, -0.15) is 0 Å². The third-order valence-electron chi connectivity index (χ3n) is 6.29. The smallest absolute Gasteiger partial charge is 0.261 e. The third kappa shape index (κ3) is 6.41. The standard InChI is InChI=1S/C27H30FN3O4S/c1-35-24-14-8-20(9-15-24)26(31-16-3-2-4-17-31)19-29-27(32)21-6-5-7-25(18-21)36(33,34)30-23-12-10-22(28)11-13-23/h5-15,18,26,30H,2-4,16-17,19H2,1H3,(H,29,32)/t26-/m0/s1. The molecule has 3 aromatic rings. The fourth-order valence-corrected chi connectivity index (χ4v) is 5.45. The molecule has 0 spiro atoms. The van der Waals surface area contributed by atoms with Crippen LogP contribution in [0.15, 0.2) is 77.7 Å². The van der Waals surface area contributed by atoms with Crippen LogP contribution in [0.3, 0.4) is 0 Å². The Bertz CT molecular complexity index is 1280. The molecule has 4 rings (SSSR count). The highest BCUT2D eigenvalue weighted by Crippen LogP contribution is 2.26. The molecule has 1 amide bonds. The van der Waals surface area contributed by atoms with E-state index in [9.17, 15) is 17.6 Å². The molecule has 0 aliphatic carbocycles. The van der Waals surface area contributed by atoms with E-state index in [0.29, 0.717) is 6.54 Å². The molecule has 0 unspecified atom stereocenters. The number of halogens is 1. The maximum atomic E-state index is 13.1. The lowest BCUT2D eigenvalue weighted by molar-refractivity contribution is 0.0924. The van der Waals surface area contributed by atoms with Crippen molar-refractivity contribution in [1.82, 2.24) is 10.2 Å². The van der Waals surface area contributed by atoms with Gasteiger partial charge in [-0.25, -0.2) is 12.8 Å². The lowest BCUT2D eigenvalue weighted by Crippen LogP contribution is -2.40. The van der Waals surface area contributed by atoms with Crippen LogP contribution in [0.1, 0.15) is 41.2 Å². The van der Waals surface area contributed by atoms with Gasteiger partial charge in [0, 0.05) is 17.8 Å². The lowest BCUT2D eigenvalue weighted by atomic mass is 10.0. The fourth-order valence-electron chi connectivity index (χ4n) is 4.34. The number of piperidine rings is 1. The molecule has 0 saturated carbocycles. The summed E-state index contributed by atoms with van der Waals surface area (Å²) in [7, 11) is -2.33. The first kappa shape index (κ1) is 25.7. The van der Waals surface area contributed by atoms with Gasteiger partial charge in [0.15, 0.2) is 0 Å². The van der Waals surface area contributed by atoms with Crippen LogP contribution in [-0.4, -0.2) is 46.0 Å². The van der Waals surface area contributed by atoms with Gasteiger partial charge < -0.3 is 10.1 Å². The van der Waals surface area contributed by atoms with Crippen LogP contribution in [0.5, 0.6) is 5.75 Å². The van der Waals surface area contributed by atoms with Crippen molar-refractivity contribution < 1.29 is 22.3 Å². The first-order valence-electron chi connectivity index (χ1n) is 11.9. The summed E-state index contributed by atoms with van der Waals surface area (Å²) < 4.78 is 46.5. The molecule has 9 heteroatoms. The van der Waals surface area contributed by atoms with Gasteiger partial charge in [-0.15, -0.1) is 0 Å². The first-order chi connectivity index (χ1) is 17.4. The molecule has 7 nitrogen and oxygen atoms in total. The number of methoxy groups -OCH3 is 1. The second kappa shape index (κ2) is 11.5. The molecule has 0 aromatic heterocycles. The number of carbonyl (C=O) groups is 1. The predicted molar refractivity (Wildman–Crippen MR) is 137 cm³/mol.